The number of para-hydroxylation sites is 2. The smallest absolute Gasteiger partial charge is 0.224 e. The van der Waals surface area contributed by atoms with Crippen molar-refractivity contribution >= 4 is 16.9 Å². The minimum Gasteiger partial charge on any atom is -0.342 e. The van der Waals surface area contributed by atoms with Crippen molar-refractivity contribution in [2.75, 3.05) is 13.1 Å². The van der Waals surface area contributed by atoms with E-state index < -0.39 is 0 Å². The molecule has 134 valence electrons. The summed E-state index contributed by atoms with van der Waals surface area (Å²) >= 11 is 0. The number of hydrogen-bond acceptors (Lipinski definition) is 4. The number of aryl methyl sites for hydroxylation is 2. The molecule has 1 saturated heterocycles. The van der Waals surface area contributed by atoms with Gasteiger partial charge in [-0.15, -0.1) is 0 Å². The third-order valence-electron chi connectivity index (χ3n) is 5.06. The summed E-state index contributed by atoms with van der Waals surface area (Å²) in [6, 6.07) is 8.01. The summed E-state index contributed by atoms with van der Waals surface area (Å²) in [5.74, 6) is 0.488. The van der Waals surface area contributed by atoms with Crippen LogP contribution in [0.25, 0.3) is 11.0 Å². The monoisotopic (exact) mass is 349 g/mol. The average Bonchev–Trinajstić information content (AvgIpc) is 3.09. The normalized spacial score (nSPS) is 17.6. The number of benzene rings is 1. The molecule has 3 heterocycles. The number of amides is 1. The van der Waals surface area contributed by atoms with Crippen molar-refractivity contribution in [3.8, 4) is 0 Å². The second-order valence-corrected chi connectivity index (χ2v) is 6.94. The van der Waals surface area contributed by atoms with Crippen molar-refractivity contribution in [3.63, 3.8) is 0 Å². The summed E-state index contributed by atoms with van der Waals surface area (Å²) < 4.78 is 2.06. The molecule has 2 aromatic heterocycles. The largest absolute Gasteiger partial charge is 0.342 e. The van der Waals surface area contributed by atoms with Crippen LogP contribution in [0.2, 0.25) is 0 Å². The van der Waals surface area contributed by atoms with Crippen molar-refractivity contribution in [1.29, 1.82) is 0 Å². The molecular formula is C20H23N5O. The number of likely N-dealkylation sites (tertiary alicyclic amines) is 1. The predicted octanol–water partition coefficient (Wildman–Crippen LogP) is 2.93. The number of imidazole rings is 1. The quantitative estimate of drug-likeness (QED) is 0.726. The summed E-state index contributed by atoms with van der Waals surface area (Å²) in [6.07, 6.45) is 7.99. The van der Waals surface area contributed by atoms with Crippen LogP contribution in [0.15, 0.2) is 43.0 Å². The van der Waals surface area contributed by atoms with Crippen LogP contribution in [0, 0.1) is 6.92 Å². The fourth-order valence-corrected chi connectivity index (χ4v) is 3.69. The van der Waals surface area contributed by atoms with E-state index in [0.717, 1.165) is 48.4 Å². The highest BCUT2D eigenvalue weighted by Gasteiger charge is 2.25. The molecule has 26 heavy (non-hydrogen) atoms. The van der Waals surface area contributed by atoms with Crippen molar-refractivity contribution in [2.45, 2.75) is 38.6 Å². The second-order valence-electron chi connectivity index (χ2n) is 6.94. The summed E-state index contributed by atoms with van der Waals surface area (Å²) in [5.41, 5.74) is 3.98. The van der Waals surface area contributed by atoms with E-state index in [4.69, 9.17) is 0 Å². The summed E-state index contributed by atoms with van der Waals surface area (Å²) in [4.78, 5) is 28.0. The van der Waals surface area contributed by atoms with Crippen molar-refractivity contribution in [2.24, 2.45) is 0 Å². The highest BCUT2D eigenvalue weighted by molar-refractivity contribution is 5.77. The van der Waals surface area contributed by atoms with Gasteiger partial charge >= 0.3 is 0 Å². The van der Waals surface area contributed by atoms with Gasteiger partial charge < -0.3 is 9.47 Å². The molecular weight excluding hydrogens is 326 g/mol. The molecule has 1 atom stereocenters. The van der Waals surface area contributed by atoms with Crippen LogP contribution in [0.1, 0.15) is 36.6 Å². The van der Waals surface area contributed by atoms with Gasteiger partial charge in [0.1, 0.15) is 0 Å². The molecule has 0 radical (unpaired) electrons. The number of rotatable bonds is 4. The van der Waals surface area contributed by atoms with Crippen LogP contribution in [0.5, 0.6) is 0 Å². The molecule has 0 N–H and O–H groups in total. The Kier molecular flexibility index (Phi) is 4.65. The zero-order valence-electron chi connectivity index (χ0n) is 15.0. The molecule has 6 heteroatoms. The zero-order chi connectivity index (χ0) is 17.9. The van der Waals surface area contributed by atoms with Gasteiger partial charge in [0.25, 0.3) is 0 Å². The standard InChI is InChI=1S/C20H23N5O/c1-15-11-21-12-18(23-15)16-5-4-9-24(13-16)20(26)8-10-25-14-22-17-6-2-3-7-19(17)25/h2-3,6-7,11-12,14,16H,4-5,8-10,13H2,1H3. The molecule has 6 nitrogen and oxygen atoms in total. The van der Waals surface area contributed by atoms with Gasteiger partial charge in [0.15, 0.2) is 0 Å². The number of piperidine rings is 1. The number of nitrogens with zero attached hydrogens (tertiary/aromatic N) is 5. The van der Waals surface area contributed by atoms with E-state index in [0.29, 0.717) is 13.0 Å². The summed E-state index contributed by atoms with van der Waals surface area (Å²) in [7, 11) is 0. The minimum atomic E-state index is 0.202. The maximum atomic E-state index is 12.7. The van der Waals surface area contributed by atoms with Crippen LogP contribution in [-0.4, -0.2) is 43.4 Å². The number of hydrogen-bond donors (Lipinski definition) is 0. The SMILES string of the molecule is Cc1cncc(C2CCCN(C(=O)CCn3cnc4ccccc43)C2)n1. The molecule has 1 fully saturated rings. The molecule has 1 aliphatic rings. The second kappa shape index (κ2) is 7.23. The molecule has 1 aromatic carbocycles. The fourth-order valence-electron chi connectivity index (χ4n) is 3.69. The van der Waals surface area contributed by atoms with Crippen molar-refractivity contribution in [3.05, 3.63) is 54.4 Å². The lowest BCUT2D eigenvalue weighted by atomic mass is 9.94. The first-order chi connectivity index (χ1) is 12.7. The Labute approximate surface area is 152 Å². The van der Waals surface area contributed by atoms with Crippen LogP contribution in [-0.2, 0) is 11.3 Å². The third kappa shape index (κ3) is 3.45. The number of carbonyl (C=O) groups is 1. The molecule has 0 aliphatic carbocycles. The van der Waals surface area contributed by atoms with Gasteiger partial charge in [-0.05, 0) is 31.9 Å². The molecule has 0 spiro atoms. The first kappa shape index (κ1) is 16.7. The Morgan fingerprint density at radius 1 is 1.27 bits per heavy atom. The Morgan fingerprint density at radius 2 is 2.15 bits per heavy atom. The first-order valence-corrected chi connectivity index (χ1v) is 9.17. The summed E-state index contributed by atoms with van der Waals surface area (Å²) in [5, 5.41) is 0. The van der Waals surface area contributed by atoms with Gasteiger partial charge in [-0.25, -0.2) is 4.98 Å². The molecule has 4 rings (SSSR count). The lowest BCUT2D eigenvalue weighted by molar-refractivity contribution is -0.132. The highest BCUT2D eigenvalue weighted by Crippen LogP contribution is 2.25. The Bertz CT molecular complexity index is 919. The Morgan fingerprint density at radius 3 is 3.04 bits per heavy atom. The third-order valence-corrected chi connectivity index (χ3v) is 5.06. The zero-order valence-corrected chi connectivity index (χ0v) is 15.0. The maximum absolute atomic E-state index is 12.7. The Balaban J connectivity index is 1.40. The fraction of sp³-hybridized carbons (Fsp3) is 0.400. The van der Waals surface area contributed by atoms with E-state index in [1.165, 1.54) is 0 Å². The van der Waals surface area contributed by atoms with Gasteiger partial charge in [0.2, 0.25) is 5.91 Å². The molecule has 0 bridgehead atoms. The van der Waals surface area contributed by atoms with Gasteiger partial charge in [0, 0.05) is 44.4 Å². The maximum Gasteiger partial charge on any atom is 0.224 e. The lowest BCUT2D eigenvalue weighted by Gasteiger charge is -2.32. The number of carbonyl (C=O) groups excluding carboxylic acids is 1. The van der Waals surface area contributed by atoms with Gasteiger partial charge in [-0.1, -0.05) is 12.1 Å². The van der Waals surface area contributed by atoms with E-state index in [1.54, 1.807) is 6.20 Å². The van der Waals surface area contributed by atoms with E-state index in [2.05, 4.69) is 19.5 Å². The molecule has 3 aromatic rings. The van der Waals surface area contributed by atoms with Crippen molar-refractivity contribution in [1.82, 2.24) is 24.4 Å². The van der Waals surface area contributed by atoms with Crippen molar-refractivity contribution < 1.29 is 4.79 Å². The van der Waals surface area contributed by atoms with Crippen LogP contribution in [0.4, 0.5) is 0 Å². The van der Waals surface area contributed by atoms with Gasteiger partial charge in [-0.3, -0.25) is 14.8 Å². The average molecular weight is 349 g/mol. The molecule has 1 amide bonds. The van der Waals surface area contributed by atoms with E-state index in [1.807, 2.05) is 48.6 Å². The van der Waals surface area contributed by atoms with E-state index in [9.17, 15) is 4.79 Å². The van der Waals surface area contributed by atoms with Gasteiger partial charge in [0.05, 0.1) is 28.7 Å². The minimum absolute atomic E-state index is 0.202. The number of aromatic nitrogens is 4. The van der Waals surface area contributed by atoms with Crippen LogP contribution in [0.3, 0.4) is 0 Å². The molecule has 1 unspecified atom stereocenters. The van der Waals surface area contributed by atoms with Gasteiger partial charge in [-0.2, -0.15) is 0 Å². The lowest BCUT2D eigenvalue weighted by Crippen LogP contribution is -2.39. The first-order valence-electron chi connectivity index (χ1n) is 9.17. The summed E-state index contributed by atoms with van der Waals surface area (Å²) in [6.45, 7) is 4.18. The molecule has 1 aliphatic heterocycles. The Hall–Kier alpha value is -2.76. The van der Waals surface area contributed by atoms with Crippen LogP contribution < -0.4 is 0 Å². The van der Waals surface area contributed by atoms with E-state index >= 15 is 0 Å². The van der Waals surface area contributed by atoms with E-state index in [-0.39, 0.29) is 11.8 Å². The van der Waals surface area contributed by atoms with Crippen LogP contribution >= 0.6 is 0 Å². The highest BCUT2D eigenvalue weighted by atomic mass is 16.2. The number of fused-ring (bicyclic) bond motifs is 1. The predicted molar refractivity (Wildman–Crippen MR) is 99.7 cm³/mol. The molecule has 0 saturated carbocycles. The topological polar surface area (TPSA) is 63.9 Å².